The highest BCUT2D eigenvalue weighted by molar-refractivity contribution is 7.94. The molecule has 0 saturated heterocycles. The van der Waals surface area contributed by atoms with Crippen LogP contribution in [0.15, 0.2) is 22.5 Å². The SMILES string of the molecule is CC(C)(C)C(=O)Nc1nnc(S(=O)(=O)Nc2cc(Cl)ccc2Cl)s1. The zero-order valence-electron chi connectivity index (χ0n) is 12.9. The van der Waals surface area contributed by atoms with Crippen LogP contribution in [-0.2, 0) is 14.8 Å². The molecule has 0 aliphatic heterocycles. The second-order valence-electron chi connectivity index (χ2n) is 5.81. The number of hydrogen-bond donors (Lipinski definition) is 2. The predicted molar refractivity (Wildman–Crippen MR) is 95.3 cm³/mol. The van der Waals surface area contributed by atoms with Crippen LogP contribution in [0.5, 0.6) is 0 Å². The Morgan fingerprint density at radius 2 is 1.88 bits per heavy atom. The van der Waals surface area contributed by atoms with E-state index >= 15 is 0 Å². The van der Waals surface area contributed by atoms with Crippen molar-refractivity contribution in [1.82, 2.24) is 10.2 Å². The van der Waals surface area contributed by atoms with Gasteiger partial charge in [-0.05, 0) is 18.2 Å². The number of anilines is 2. The van der Waals surface area contributed by atoms with E-state index in [1.165, 1.54) is 18.2 Å². The molecule has 7 nitrogen and oxygen atoms in total. The van der Waals surface area contributed by atoms with Crippen molar-refractivity contribution in [2.75, 3.05) is 10.0 Å². The summed E-state index contributed by atoms with van der Waals surface area (Å²) in [6, 6.07) is 4.38. The number of rotatable bonds is 4. The minimum absolute atomic E-state index is 0.0903. The maximum absolute atomic E-state index is 12.3. The highest BCUT2D eigenvalue weighted by atomic mass is 35.5. The zero-order valence-corrected chi connectivity index (χ0v) is 16.1. The average molecular weight is 409 g/mol. The van der Waals surface area contributed by atoms with Crippen LogP contribution in [0.1, 0.15) is 20.8 Å². The summed E-state index contributed by atoms with van der Waals surface area (Å²) in [4.78, 5) is 11.9. The van der Waals surface area contributed by atoms with E-state index in [1.807, 2.05) is 0 Å². The molecular formula is C13H14Cl2N4O3S2. The lowest BCUT2D eigenvalue weighted by molar-refractivity contribution is -0.123. The van der Waals surface area contributed by atoms with Crippen LogP contribution in [0.4, 0.5) is 10.8 Å². The van der Waals surface area contributed by atoms with Gasteiger partial charge in [0.15, 0.2) is 0 Å². The van der Waals surface area contributed by atoms with Crippen molar-refractivity contribution in [3.8, 4) is 0 Å². The standard InChI is InChI=1S/C13H14Cl2N4O3S2/c1-13(2,3)10(20)16-11-17-18-12(23-11)24(21,22)19-9-6-7(14)4-5-8(9)15/h4-6,19H,1-3H3,(H,16,17,20). The van der Waals surface area contributed by atoms with Gasteiger partial charge in [0.25, 0.3) is 14.4 Å². The molecule has 24 heavy (non-hydrogen) atoms. The largest absolute Gasteiger partial charge is 0.300 e. The molecule has 130 valence electrons. The van der Waals surface area contributed by atoms with Crippen LogP contribution in [0.25, 0.3) is 0 Å². The summed E-state index contributed by atoms with van der Waals surface area (Å²) in [5.41, 5.74) is -0.517. The number of carbonyl (C=O) groups excluding carboxylic acids is 1. The van der Waals surface area contributed by atoms with Crippen molar-refractivity contribution >= 4 is 61.3 Å². The Kier molecular flexibility index (Phi) is 5.38. The second-order valence-corrected chi connectivity index (χ2v) is 9.48. The van der Waals surface area contributed by atoms with Crippen molar-refractivity contribution in [2.45, 2.75) is 25.1 Å². The summed E-state index contributed by atoms with van der Waals surface area (Å²) < 4.78 is 26.7. The third kappa shape index (κ3) is 4.56. The molecule has 2 rings (SSSR count). The summed E-state index contributed by atoms with van der Waals surface area (Å²) in [5, 5.41) is 10.4. The number of amides is 1. The highest BCUT2D eigenvalue weighted by Crippen LogP contribution is 2.29. The first-order chi connectivity index (χ1) is 11.0. The first-order valence-electron chi connectivity index (χ1n) is 6.62. The molecule has 0 atom stereocenters. The number of halogens is 2. The number of hydrogen-bond acceptors (Lipinski definition) is 6. The molecular weight excluding hydrogens is 395 g/mol. The molecule has 11 heteroatoms. The summed E-state index contributed by atoms with van der Waals surface area (Å²) >= 11 is 12.5. The predicted octanol–water partition coefficient (Wildman–Crippen LogP) is 3.63. The van der Waals surface area contributed by atoms with Crippen LogP contribution < -0.4 is 10.0 Å². The van der Waals surface area contributed by atoms with Gasteiger partial charge in [-0.15, -0.1) is 10.2 Å². The quantitative estimate of drug-likeness (QED) is 0.751. The minimum atomic E-state index is -4.00. The van der Waals surface area contributed by atoms with Gasteiger partial charge in [0.1, 0.15) is 0 Å². The molecule has 1 amide bonds. The molecule has 0 saturated carbocycles. The first-order valence-corrected chi connectivity index (χ1v) is 9.67. The van der Waals surface area contributed by atoms with Gasteiger partial charge in [0, 0.05) is 10.4 Å². The van der Waals surface area contributed by atoms with Crippen molar-refractivity contribution in [3.05, 3.63) is 28.2 Å². The number of aromatic nitrogens is 2. The number of nitrogens with zero attached hydrogens (tertiary/aromatic N) is 2. The zero-order chi connectivity index (χ0) is 18.1. The third-order valence-electron chi connectivity index (χ3n) is 2.71. The number of carbonyl (C=O) groups is 1. The average Bonchev–Trinajstić information content (AvgIpc) is 2.91. The van der Waals surface area contributed by atoms with E-state index in [4.69, 9.17) is 23.2 Å². The topological polar surface area (TPSA) is 101 Å². The van der Waals surface area contributed by atoms with E-state index in [2.05, 4.69) is 20.2 Å². The summed E-state index contributed by atoms with van der Waals surface area (Å²) in [6.45, 7) is 5.18. The van der Waals surface area contributed by atoms with Gasteiger partial charge in [-0.3, -0.25) is 9.52 Å². The van der Waals surface area contributed by atoms with Crippen molar-refractivity contribution in [3.63, 3.8) is 0 Å². The fourth-order valence-electron chi connectivity index (χ4n) is 1.42. The van der Waals surface area contributed by atoms with Crippen LogP contribution in [0.3, 0.4) is 0 Å². The molecule has 0 aliphatic rings. The Bertz CT molecular complexity index is 876. The molecule has 0 bridgehead atoms. The smallest absolute Gasteiger partial charge is 0.291 e. The lowest BCUT2D eigenvalue weighted by atomic mass is 9.96. The summed E-state index contributed by atoms with van der Waals surface area (Å²) in [6.07, 6.45) is 0. The first kappa shape index (κ1) is 18.9. The molecule has 1 aromatic heterocycles. The van der Waals surface area contributed by atoms with Gasteiger partial charge in [0.05, 0.1) is 10.7 Å². The Morgan fingerprint density at radius 3 is 2.50 bits per heavy atom. The maximum Gasteiger partial charge on any atom is 0.291 e. The number of nitrogens with one attached hydrogen (secondary N) is 2. The fourth-order valence-corrected chi connectivity index (χ4v) is 3.78. The van der Waals surface area contributed by atoms with E-state index in [0.29, 0.717) is 5.02 Å². The highest BCUT2D eigenvalue weighted by Gasteiger charge is 2.25. The van der Waals surface area contributed by atoms with E-state index in [0.717, 1.165) is 11.3 Å². The summed E-state index contributed by atoms with van der Waals surface area (Å²) in [5.74, 6) is -0.298. The molecule has 0 spiro atoms. The molecule has 0 fully saturated rings. The molecule has 0 aliphatic carbocycles. The van der Waals surface area contributed by atoms with Gasteiger partial charge in [-0.1, -0.05) is 55.3 Å². The summed E-state index contributed by atoms with van der Waals surface area (Å²) in [7, 11) is -4.00. The second kappa shape index (κ2) is 6.83. The van der Waals surface area contributed by atoms with E-state index < -0.39 is 15.4 Å². The van der Waals surface area contributed by atoms with Crippen LogP contribution in [0, 0.1) is 5.41 Å². The molecule has 1 aromatic carbocycles. The van der Waals surface area contributed by atoms with Gasteiger partial charge in [-0.25, -0.2) is 0 Å². The van der Waals surface area contributed by atoms with E-state index in [1.54, 1.807) is 20.8 Å². The van der Waals surface area contributed by atoms with Crippen molar-refractivity contribution in [2.24, 2.45) is 5.41 Å². The Hall–Kier alpha value is -1.42. The third-order valence-corrected chi connectivity index (χ3v) is 5.85. The van der Waals surface area contributed by atoms with Crippen LogP contribution in [-0.4, -0.2) is 24.5 Å². The van der Waals surface area contributed by atoms with Crippen molar-refractivity contribution < 1.29 is 13.2 Å². The Labute approximate surface area is 153 Å². The monoisotopic (exact) mass is 408 g/mol. The number of sulfonamides is 1. The van der Waals surface area contributed by atoms with Gasteiger partial charge in [-0.2, -0.15) is 8.42 Å². The van der Waals surface area contributed by atoms with Gasteiger partial charge < -0.3 is 5.32 Å². The number of benzene rings is 1. The van der Waals surface area contributed by atoms with Crippen LogP contribution >= 0.6 is 34.5 Å². The Balaban J connectivity index is 2.22. The molecule has 2 N–H and O–H groups in total. The van der Waals surface area contributed by atoms with Crippen LogP contribution in [0.2, 0.25) is 10.0 Å². The fraction of sp³-hybridized carbons (Fsp3) is 0.308. The molecule has 0 radical (unpaired) electrons. The van der Waals surface area contributed by atoms with Gasteiger partial charge in [0.2, 0.25) is 11.0 Å². The van der Waals surface area contributed by atoms with Crippen molar-refractivity contribution in [1.29, 1.82) is 0 Å². The maximum atomic E-state index is 12.3. The lowest BCUT2D eigenvalue weighted by Gasteiger charge is -2.15. The van der Waals surface area contributed by atoms with E-state index in [9.17, 15) is 13.2 Å². The molecule has 1 heterocycles. The normalized spacial score (nSPS) is 12.0. The Morgan fingerprint density at radius 1 is 1.21 bits per heavy atom. The van der Waals surface area contributed by atoms with E-state index in [-0.39, 0.29) is 26.1 Å². The molecule has 0 unspecified atom stereocenters. The van der Waals surface area contributed by atoms with Gasteiger partial charge >= 0.3 is 0 Å². The lowest BCUT2D eigenvalue weighted by Crippen LogP contribution is -2.27. The minimum Gasteiger partial charge on any atom is -0.300 e. The molecule has 2 aromatic rings.